The van der Waals surface area contributed by atoms with E-state index >= 15 is 0 Å². The highest BCUT2D eigenvalue weighted by Gasteiger charge is 2.03. The number of hydrogen-bond acceptors (Lipinski definition) is 2. The van der Waals surface area contributed by atoms with Crippen molar-refractivity contribution in [1.82, 2.24) is 0 Å². The van der Waals surface area contributed by atoms with E-state index in [0.717, 1.165) is 16.9 Å². The van der Waals surface area contributed by atoms with Crippen LogP contribution in [0.5, 0.6) is 0 Å². The quantitative estimate of drug-likeness (QED) is 0.491. The molecule has 0 amide bonds. The first-order valence-corrected chi connectivity index (χ1v) is 7.17. The Morgan fingerprint density at radius 2 is 1.55 bits per heavy atom. The van der Waals surface area contributed by atoms with Crippen molar-refractivity contribution in [1.29, 1.82) is 0 Å². The second-order valence-corrected chi connectivity index (χ2v) is 5.09. The largest absolute Gasteiger partial charge is 0.462 e. The maximum absolute atomic E-state index is 12.1. The summed E-state index contributed by atoms with van der Waals surface area (Å²) in [6.07, 6.45) is 3.23. The zero-order valence-corrected chi connectivity index (χ0v) is 12.3. The second-order valence-electron chi connectivity index (χ2n) is 5.09. The van der Waals surface area contributed by atoms with Crippen LogP contribution in [0.15, 0.2) is 77.2 Å². The van der Waals surface area contributed by atoms with Crippen LogP contribution in [0.3, 0.4) is 0 Å². The molecule has 0 saturated heterocycles. The van der Waals surface area contributed by atoms with Crippen LogP contribution in [-0.2, 0) is 0 Å². The fourth-order valence-corrected chi connectivity index (χ4v) is 2.25. The maximum Gasteiger partial charge on any atom is 0.185 e. The molecule has 0 aliphatic heterocycles. The molecule has 0 aliphatic carbocycles. The molecule has 0 fully saturated rings. The number of hydrogen-bond donors (Lipinski definition) is 0. The van der Waals surface area contributed by atoms with E-state index in [4.69, 9.17) is 4.42 Å². The molecule has 0 bridgehead atoms. The lowest BCUT2D eigenvalue weighted by Gasteiger charge is -2.02. The Hall–Kier alpha value is -2.87. The third kappa shape index (κ3) is 3.23. The first-order valence-electron chi connectivity index (χ1n) is 7.17. The van der Waals surface area contributed by atoms with Crippen molar-refractivity contribution in [3.8, 4) is 11.1 Å². The average molecular weight is 288 g/mol. The van der Waals surface area contributed by atoms with Crippen LogP contribution in [0, 0.1) is 6.92 Å². The standard InChI is InChI=1S/C20H16O2/c1-15-7-12-19(22-15)13-14-20(21)18-10-8-17(9-11-18)16-5-3-2-4-6-16/h2-14H,1H3. The van der Waals surface area contributed by atoms with Gasteiger partial charge in [-0.05, 0) is 42.3 Å². The summed E-state index contributed by atoms with van der Waals surface area (Å²) in [7, 11) is 0. The molecule has 0 radical (unpaired) electrons. The van der Waals surface area contributed by atoms with Crippen molar-refractivity contribution in [2.24, 2.45) is 0 Å². The van der Waals surface area contributed by atoms with Crippen LogP contribution >= 0.6 is 0 Å². The summed E-state index contributed by atoms with van der Waals surface area (Å²) in [5, 5.41) is 0. The first-order chi connectivity index (χ1) is 10.7. The highest BCUT2D eigenvalue weighted by Crippen LogP contribution is 2.19. The fraction of sp³-hybridized carbons (Fsp3) is 0.0500. The summed E-state index contributed by atoms with van der Waals surface area (Å²) in [5.41, 5.74) is 2.91. The number of ketones is 1. The molecular weight excluding hydrogens is 272 g/mol. The molecule has 1 aromatic heterocycles. The summed E-state index contributed by atoms with van der Waals surface area (Å²) in [5.74, 6) is 1.49. The average Bonchev–Trinajstić information content (AvgIpc) is 2.99. The van der Waals surface area contributed by atoms with E-state index in [2.05, 4.69) is 12.1 Å². The third-order valence-electron chi connectivity index (χ3n) is 3.44. The molecule has 2 aromatic carbocycles. The summed E-state index contributed by atoms with van der Waals surface area (Å²) >= 11 is 0. The van der Waals surface area contributed by atoms with Gasteiger partial charge in [-0.1, -0.05) is 54.6 Å². The van der Waals surface area contributed by atoms with Gasteiger partial charge in [0, 0.05) is 5.56 Å². The number of aryl methyl sites for hydroxylation is 1. The Morgan fingerprint density at radius 3 is 2.18 bits per heavy atom. The van der Waals surface area contributed by atoms with E-state index in [-0.39, 0.29) is 5.78 Å². The highest BCUT2D eigenvalue weighted by molar-refractivity contribution is 6.06. The Kier molecular flexibility index (Phi) is 4.01. The highest BCUT2D eigenvalue weighted by atomic mass is 16.3. The Balaban J connectivity index is 1.75. The topological polar surface area (TPSA) is 30.2 Å². The van der Waals surface area contributed by atoms with Crippen LogP contribution in [0.2, 0.25) is 0 Å². The smallest absolute Gasteiger partial charge is 0.185 e. The molecule has 3 aromatic rings. The molecule has 108 valence electrons. The molecule has 0 saturated carbocycles. The Labute approximate surface area is 129 Å². The molecule has 0 aliphatic rings. The van der Waals surface area contributed by atoms with E-state index in [1.54, 1.807) is 6.08 Å². The molecule has 0 unspecified atom stereocenters. The van der Waals surface area contributed by atoms with Gasteiger partial charge in [0.1, 0.15) is 11.5 Å². The van der Waals surface area contributed by atoms with Crippen molar-refractivity contribution >= 4 is 11.9 Å². The van der Waals surface area contributed by atoms with Gasteiger partial charge < -0.3 is 4.42 Å². The van der Waals surface area contributed by atoms with Crippen molar-refractivity contribution in [3.63, 3.8) is 0 Å². The van der Waals surface area contributed by atoms with Gasteiger partial charge in [0.05, 0.1) is 0 Å². The summed E-state index contributed by atoms with van der Waals surface area (Å²) in [6, 6.07) is 21.4. The molecule has 1 heterocycles. The Bertz CT molecular complexity index is 793. The zero-order valence-electron chi connectivity index (χ0n) is 12.3. The minimum atomic E-state index is -0.0336. The molecule has 0 atom stereocenters. The lowest BCUT2D eigenvalue weighted by Crippen LogP contribution is -1.93. The summed E-state index contributed by atoms with van der Waals surface area (Å²) in [4.78, 5) is 12.1. The predicted octanol–water partition coefficient (Wildman–Crippen LogP) is 5.15. The minimum Gasteiger partial charge on any atom is -0.462 e. The van der Waals surface area contributed by atoms with Gasteiger partial charge in [0.25, 0.3) is 0 Å². The molecule has 2 heteroatoms. The number of carbonyl (C=O) groups excluding carboxylic acids is 1. The van der Waals surface area contributed by atoms with Crippen LogP contribution in [0.1, 0.15) is 21.9 Å². The van der Waals surface area contributed by atoms with Gasteiger partial charge in [-0.25, -0.2) is 0 Å². The molecule has 0 spiro atoms. The number of carbonyl (C=O) groups is 1. The molecule has 0 N–H and O–H groups in total. The normalized spacial score (nSPS) is 11.0. The van der Waals surface area contributed by atoms with Crippen molar-refractivity contribution < 1.29 is 9.21 Å². The molecule has 22 heavy (non-hydrogen) atoms. The monoisotopic (exact) mass is 288 g/mol. The number of rotatable bonds is 4. The minimum absolute atomic E-state index is 0.0336. The first kappa shape index (κ1) is 14.1. The summed E-state index contributed by atoms with van der Waals surface area (Å²) in [6.45, 7) is 1.88. The molecule has 3 rings (SSSR count). The summed E-state index contributed by atoms with van der Waals surface area (Å²) < 4.78 is 5.41. The SMILES string of the molecule is Cc1ccc(C=CC(=O)c2ccc(-c3ccccc3)cc2)o1. The maximum atomic E-state index is 12.1. The lowest BCUT2D eigenvalue weighted by molar-refractivity contribution is 0.104. The number of benzene rings is 2. The Morgan fingerprint density at radius 1 is 0.864 bits per heavy atom. The van der Waals surface area contributed by atoms with Crippen LogP contribution < -0.4 is 0 Å². The van der Waals surface area contributed by atoms with E-state index in [9.17, 15) is 4.79 Å². The van der Waals surface area contributed by atoms with E-state index in [1.807, 2.05) is 61.5 Å². The van der Waals surface area contributed by atoms with Gasteiger partial charge in [-0.2, -0.15) is 0 Å². The fourth-order valence-electron chi connectivity index (χ4n) is 2.25. The van der Waals surface area contributed by atoms with E-state index in [0.29, 0.717) is 11.3 Å². The van der Waals surface area contributed by atoms with Gasteiger partial charge >= 0.3 is 0 Å². The van der Waals surface area contributed by atoms with Crippen LogP contribution in [0.4, 0.5) is 0 Å². The van der Waals surface area contributed by atoms with Gasteiger partial charge in [-0.3, -0.25) is 4.79 Å². The molecular formula is C20H16O2. The van der Waals surface area contributed by atoms with Gasteiger partial charge in [-0.15, -0.1) is 0 Å². The predicted molar refractivity (Wildman–Crippen MR) is 88.7 cm³/mol. The van der Waals surface area contributed by atoms with Crippen molar-refractivity contribution in [2.75, 3.05) is 0 Å². The third-order valence-corrected chi connectivity index (χ3v) is 3.44. The van der Waals surface area contributed by atoms with Crippen LogP contribution in [0.25, 0.3) is 17.2 Å². The number of allylic oxidation sites excluding steroid dienone is 1. The number of furan rings is 1. The second kappa shape index (κ2) is 6.27. The van der Waals surface area contributed by atoms with Crippen molar-refractivity contribution in [2.45, 2.75) is 6.92 Å². The lowest BCUT2D eigenvalue weighted by atomic mass is 10.0. The molecule has 2 nitrogen and oxygen atoms in total. The van der Waals surface area contributed by atoms with Crippen molar-refractivity contribution in [3.05, 3.63) is 89.9 Å². The van der Waals surface area contributed by atoms with Crippen LogP contribution in [-0.4, -0.2) is 5.78 Å². The zero-order chi connectivity index (χ0) is 15.4. The van der Waals surface area contributed by atoms with Gasteiger partial charge in [0.2, 0.25) is 0 Å². The van der Waals surface area contributed by atoms with Gasteiger partial charge in [0.15, 0.2) is 5.78 Å². The van der Waals surface area contributed by atoms with E-state index < -0.39 is 0 Å². The van der Waals surface area contributed by atoms with E-state index in [1.165, 1.54) is 6.08 Å².